The standard InChI is InChI=1S/C12H4F8N2O2S/c13-1-2(14)10(22)8(20)12(5(1)17)25(23,24)11-6(18)3(15)9(21)4(16)7(11)19/h21-22H2. The van der Waals surface area contributed by atoms with Crippen LogP contribution in [0.1, 0.15) is 0 Å². The van der Waals surface area contributed by atoms with Crippen molar-refractivity contribution in [3.63, 3.8) is 0 Å². The quantitative estimate of drug-likeness (QED) is 0.271. The van der Waals surface area contributed by atoms with E-state index in [9.17, 15) is 43.5 Å². The summed E-state index contributed by atoms with van der Waals surface area (Å²) < 4.78 is 132. The molecule has 25 heavy (non-hydrogen) atoms. The summed E-state index contributed by atoms with van der Waals surface area (Å²) in [4.78, 5) is -4.94. The molecule has 0 bridgehead atoms. The van der Waals surface area contributed by atoms with Crippen LogP contribution in [0.2, 0.25) is 0 Å². The molecule has 4 nitrogen and oxygen atoms in total. The van der Waals surface area contributed by atoms with Crippen LogP contribution < -0.4 is 11.5 Å². The van der Waals surface area contributed by atoms with Crippen molar-refractivity contribution in [2.24, 2.45) is 0 Å². The van der Waals surface area contributed by atoms with Gasteiger partial charge in [0.25, 0.3) is 0 Å². The molecule has 0 spiro atoms. The van der Waals surface area contributed by atoms with E-state index in [-0.39, 0.29) is 0 Å². The molecule has 0 fully saturated rings. The summed E-state index contributed by atoms with van der Waals surface area (Å²) in [5, 5.41) is 0. The largest absolute Gasteiger partial charge is 0.394 e. The van der Waals surface area contributed by atoms with E-state index in [0.717, 1.165) is 0 Å². The maximum Gasteiger partial charge on any atom is 0.218 e. The highest BCUT2D eigenvalue weighted by Crippen LogP contribution is 2.37. The molecule has 0 aliphatic rings. The van der Waals surface area contributed by atoms with Gasteiger partial charge in [0.05, 0.1) is 0 Å². The predicted octanol–water partition coefficient (Wildman–Crippen LogP) is 2.80. The summed E-state index contributed by atoms with van der Waals surface area (Å²) in [6.45, 7) is 0. The lowest BCUT2D eigenvalue weighted by molar-refractivity contribution is 0.408. The first kappa shape index (κ1) is 18.8. The third kappa shape index (κ3) is 2.45. The number of anilines is 2. The molecule has 0 aliphatic heterocycles. The molecule has 2 aromatic rings. The molecule has 4 N–H and O–H groups in total. The van der Waals surface area contributed by atoms with Gasteiger partial charge in [0.1, 0.15) is 21.2 Å². The number of hydrogen-bond acceptors (Lipinski definition) is 4. The molecule has 0 aromatic heterocycles. The van der Waals surface area contributed by atoms with Gasteiger partial charge in [-0.2, -0.15) is 0 Å². The van der Waals surface area contributed by atoms with Crippen molar-refractivity contribution < 1.29 is 43.5 Å². The van der Waals surface area contributed by atoms with Crippen LogP contribution in [0.3, 0.4) is 0 Å². The Morgan fingerprint density at radius 2 is 0.760 bits per heavy atom. The molecule has 0 saturated carbocycles. The zero-order valence-electron chi connectivity index (χ0n) is 11.4. The van der Waals surface area contributed by atoms with Gasteiger partial charge in [-0.1, -0.05) is 0 Å². The Bertz CT molecular complexity index is 889. The van der Waals surface area contributed by atoms with E-state index in [0.29, 0.717) is 0 Å². The maximum atomic E-state index is 13.8. The van der Waals surface area contributed by atoms with Gasteiger partial charge in [0, 0.05) is 0 Å². The number of sulfone groups is 1. The van der Waals surface area contributed by atoms with Crippen LogP contribution in [0.5, 0.6) is 0 Å². The number of rotatable bonds is 2. The van der Waals surface area contributed by atoms with E-state index >= 15 is 0 Å². The lowest BCUT2D eigenvalue weighted by atomic mass is 10.2. The second-order valence-electron chi connectivity index (χ2n) is 4.50. The number of benzene rings is 2. The highest BCUT2D eigenvalue weighted by molar-refractivity contribution is 7.91. The van der Waals surface area contributed by atoms with Gasteiger partial charge < -0.3 is 11.5 Å². The number of nitrogen functional groups attached to an aromatic ring is 2. The summed E-state index contributed by atoms with van der Waals surface area (Å²) in [6.07, 6.45) is 0. The van der Waals surface area contributed by atoms with Crippen molar-refractivity contribution >= 4 is 21.2 Å². The van der Waals surface area contributed by atoms with Crippen molar-refractivity contribution in [3.8, 4) is 0 Å². The van der Waals surface area contributed by atoms with Crippen LogP contribution >= 0.6 is 0 Å². The monoisotopic (exact) mass is 392 g/mol. The molecule has 0 atom stereocenters. The second-order valence-corrected chi connectivity index (χ2v) is 6.32. The van der Waals surface area contributed by atoms with E-state index in [1.54, 1.807) is 0 Å². The lowest BCUT2D eigenvalue weighted by Crippen LogP contribution is -2.18. The van der Waals surface area contributed by atoms with E-state index in [1.165, 1.54) is 0 Å². The molecule has 0 aliphatic carbocycles. The highest BCUT2D eigenvalue weighted by Gasteiger charge is 2.39. The van der Waals surface area contributed by atoms with Crippen molar-refractivity contribution in [1.29, 1.82) is 0 Å². The average molecular weight is 392 g/mol. The van der Waals surface area contributed by atoms with Gasteiger partial charge in [-0.3, -0.25) is 0 Å². The minimum atomic E-state index is -6.11. The van der Waals surface area contributed by atoms with Crippen molar-refractivity contribution in [3.05, 3.63) is 46.5 Å². The van der Waals surface area contributed by atoms with Crippen molar-refractivity contribution in [1.82, 2.24) is 0 Å². The number of halogens is 8. The van der Waals surface area contributed by atoms with Gasteiger partial charge in [-0.15, -0.1) is 0 Å². The van der Waals surface area contributed by atoms with E-state index < -0.39 is 77.5 Å². The molecule has 2 aromatic carbocycles. The second kappa shape index (κ2) is 5.75. The fourth-order valence-electron chi connectivity index (χ4n) is 1.83. The van der Waals surface area contributed by atoms with Crippen LogP contribution in [-0.2, 0) is 9.84 Å². The molecule has 0 saturated heterocycles. The van der Waals surface area contributed by atoms with E-state index in [2.05, 4.69) is 5.73 Å². The van der Waals surface area contributed by atoms with E-state index in [1.807, 2.05) is 0 Å². The Hall–Kier alpha value is -2.57. The van der Waals surface area contributed by atoms with E-state index in [4.69, 9.17) is 5.73 Å². The topological polar surface area (TPSA) is 86.2 Å². The van der Waals surface area contributed by atoms with Crippen LogP contribution in [0, 0.1) is 46.5 Å². The minimum absolute atomic E-state index is 1.75. The molecule has 136 valence electrons. The lowest BCUT2D eigenvalue weighted by Gasteiger charge is -2.13. The normalized spacial score (nSPS) is 11.8. The Balaban J connectivity index is 3.02. The van der Waals surface area contributed by atoms with Crippen LogP contribution in [-0.4, -0.2) is 8.42 Å². The average Bonchev–Trinajstić information content (AvgIpc) is 2.54. The van der Waals surface area contributed by atoms with Crippen molar-refractivity contribution in [2.45, 2.75) is 9.79 Å². The van der Waals surface area contributed by atoms with Gasteiger partial charge in [-0.25, -0.2) is 43.5 Å². The first-order chi connectivity index (χ1) is 11.4. The Morgan fingerprint density at radius 3 is 1.20 bits per heavy atom. The van der Waals surface area contributed by atoms with Crippen LogP contribution in [0.25, 0.3) is 0 Å². The van der Waals surface area contributed by atoms with Gasteiger partial charge in [0.15, 0.2) is 46.5 Å². The molecule has 0 radical (unpaired) electrons. The zero-order valence-corrected chi connectivity index (χ0v) is 12.2. The van der Waals surface area contributed by atoms with Crippen molar-refractivity contribution in [2.75, 3.05) is 11.5 Å². The smallest absolute Gasteiger partial charge is 0.218 e. The SMILES string of the molecule is Nc1c(F)c(F)c(S(=O)(=O)c2c(F)c(N)c(F)c(F)c2F)c(F)c1F. The predicted molar refractivity (Wildman–Crippen MR) is 66.8 cm³/mol. The number of hydrogen-bond donors (Lipinski definition) is 2. The minimum Gasteiger partial charge on any atom is -0.394 e. The number of nitrogens with two attached hydrogens (primary N) is 2. The Morgan fingerprint density at radius 1 is 0.480 bits per heavy atom. The summed E-state index contributed by atoms with van der Waals surface area (Å²) in [5.74, 6) is -20.1. The Labute approximate surface area is 133 Å². The molecule has 2 rings (SSSR count). The van der Waals surface area contributed by atoms with Crippen LogP contribution in [0.15, 0.2) is 9.79 Å². The summed E-state index contributed by atoms with van der Waals surface area (Å²) >= 11 is 0. The highest BCUT2D eigenvalue weighted by atomic mass is 32.2. The molecular formula is C12H4F8N2O2S. The molecular weight excluding hydrogens is 388 g/mol. The maximum absolute atomic E-state index is 13.8. The first-order valence-corrected chi connectivity index (χ1v) is 7.31. The Kier molecular flexibility index (Phi) is 4.32. The first-order valence-electron chi connectivity index (χ1n) is 5.83. The third-order valence-corrected chi connectivity index (χ3v) is 4.84. The third-order valence-electron chi connectivity index (χ3n) is 3.05. The van der Waals surface area contributed by atoms with Crippen LogP contribution in [0.4, 0.5) is 46.5 Å². The van der Waals surface area contributed by atoms with Gasteiger partial charge in [-0.05, 0) is 0 Å². The summed E-state index contributed by atoms with van der Waals surface area (Å²) in [7, 11) is -6.11. The fourth-order valence-corrected chi connectivity index (χ4v) is 3.36. The molecule has 0 heterocycles. The van der Waals surface area contributed by atoms with Gasteiger partial charge in [0.2, 0.25) is 9.84 Å². The molecule has 0 amide bonds. The zero-order chi connectivity index (χ0) is 19.4. The fraction of sp³-hybridized carbons (Fsp3) is 0. The molecule has 13 heteroatoms. The molecule has 0 unspecified atom stereocenters. The summed E-state index contributed by atoms with van der Waals surface area (Å²) in [6, 6.07) is 0. The summed E-state index contributed by atoms with van der Waals surface area (Å²) in [5.41, 5.74) is 5.78. The van der Waals surface area contributed by atoms with Gasteiger partial charge >= 0.3 is 0 Å².